The molecule has 0 N–H and O–H groups in total. The van der Waals surface area contributed by atoms with Crippen LogP contribution in [0.15, 0.2) is 22.6 Å². The van der Waals surface area contributed by atoms with Crippen LogP contribution in [0.4, 0.5) is 13.2 Å². The third-order valence-electron chi connectivity index (χ3n) is 3.97. The van der Waals surface area contributed by atoms with Gasteiger partial charge in [0.15, 0.2) is 0 Å². The summed E-state index contributed by atoms with van der Waals surface area (Å²) in [5.74, 6) is -2.00. The Bertz CT molecular complexity index is 787. The van der Waals surface area contributed by atoms with Crippen molar-refractivity contribution in [3.8, 4) is 0 Å². The Morgan fingerprint density at radius 1 is 1.20 bits per heavy atom. The smallest absolute Gasteiger partial charge is 0.417 e. The molecule has 3 rings (SSSR count). The highest BCUT2D eigenvalue weighted by atomic mass is 35.5. The maximum atomic E-state index is 12.5. The van der Waals surface area contributed by atoms with E-state index >= 15 is 0 Å². The number of carbonyl (C=O) groups is 1. The topological polar surface area (TPSA) is 59.2 Å². The van der Waals surface area contributed by atoms with E-state index in [4.69, 9.17) is 27.6 Å². The number of hydrogen-bond donors (Lipinski definition) is 0. The average molecular weight is 394 g/mol. The summed E-state index contributed by atoms with van der Waals surface area (Å²) in [6, 6.07) is 4.62. The summed E-state index contributed by atoms with van der Waals surface area (Å²) in [6.45, 7) is 0.687. The summed E-state index contributed by atoms with van der Waals surface area (Å²) in [7, 11) is 0. The predicted molar refractivity (Wildman–Crippen MR) is 83.6 cm³/mol. The first kappa shape index (κ1) is 18.0. The van der Waals surface area contributed by atoms with E-state index in [-0.39, 0.29) is 17.7 Å². The van der Waals surface area contributed by atoms with Gasteiger partial charge in [0.05, 0.1) is 10.6 Å². The number of halogens is 5. The summed E-state index contributed by atoms with van der Waals surface area (Å²) in [4.78, 5) is 14.1. The molecule has 1 saturated heterocycles. The predicted octanol–water partition coefficient (Wildman–Crippen LogP) is 4.42. The van der Waals surface area contributed by atoms with E-state index in [0.29, 0.717) is 41.5 Å². The van der Waals surface area contributed by atoms with Crippen LogP contribution in [0.25, 0.3) is 0 Å². The van der Waals surface area contributed by atoms with Gasteiger partial charge in [-0.25, -0.2) is 0 Å². The second-order valence-corrected chi connectivity index (χ2v) is 6.48. The summed E-state index contributed by atoms with van der Waals surface area (Å²) < 4.78 is 42.3. The SMILES string of the molecule is O=C(c1cc(Cl)ccc1Cl)N1CCC(c2nnc(C(F)(F)F)o2)CC1. The van der Waals surface area contributed by atoms with Crippen LogP contribution in [0.3, 0.4) is 0 Å². The molecule has 0 aliphatic carbocycles. The van der Waals surface area contributed by atoms with Crippen molar-refractivity contribution in [3.63, 3.8) is 0 Å². The molecule has 1 aliphatic rings. The quantitative estimate of drug-likeness (QED) is 0.757. The molecular weight excluding hydrogens is 382 g/mol. The number of likely N-dealkylation sites (tertiary alicyclic amines) is 1. The van der Waals surface area contributed by atoms with Gasteiger partial charge < -0.3 is 9.32 Å². The lowest BCUT2D eigenvalue weighted by Crippen LogP contribution is -2.38. The van der Waals surface area contributed by atoms with Gasteiger partial charge >= 0.3 is 12.1 Å². The third kappa shape index (κ3) is 3.90. The summed E-state index contributed by atoms with van der Waals surface area (Å²) in [5, 5.41) is 7.20. The summed E-state index contributed by atoms with van der Waals surface area (Å²) in [6.07, 6.45) is -3.82. The standard InChI is InChI=1S/C15H12Cl2F3N3O2/c16-9-1-2-11(17)10(7-9)13(24)23-5-3-8(4-6-23)12-21-22-14(25-12)15(18,19)20/h1-2,7-8H,3-6H2. The number of benzene rings is 1. The zero-order chi connectivity index (χ0) is 18.2. The normalized spacial score (nSPS) is 16.3. The largest absolute Gasteiger partial charge is 0.470 e. The molecule has 2 aromatic rings. The molecule has 0 saturated carbocycles. The van der Waals surface area contributed by atoms with Crippen molar-refractivity contribution in [2.75, 3.05) is 13.1 Å². The zero-order valence-corrected chi connectivity index (χ0v) is 14.2. The van der Waals surface area contributed by atoms with Crippen LogP contribution in [0.2, 0.25) is 10.0 Å². The van der Waals surface area contributed by atoms with Gasteiger partial charge in [-0.05, 0) is 31.0 Å². The fourth-order valence-electron chi connectivity index (χ4n) is 2.68. The fraction of sp³-hybridized carbons (Fsp3) is 0.400. The molecule has 1 amide bonds. The third-order valence-corrected chi connectivity index (χ3v) is 4.54. The van der Waals surface area contributed by atoms with Crippen molar-refractivity contribution >= 4 is 29.1 Å². The highest BCUT2D eigenvalue weighted by molar-refractivity contribution is 6.35. The molecular formula is C15H12Cl2F3N3O2. The van der Waals surface area contributed by atoms with Crippen LogP contribution >= 0.6 is 23.2 Å². The van der Waals surface area contributed by atoms with Gasteiger partial charge in [-0.1, -0.05) is 23.2 Å². The van der Waals surface area contributed by atoms with E-state index in [1.54, 1.807) is 17.0 Å². The number of alkyl halides is 3. The van der Waals surface area contributed by atoms with Crippen LogP contribution in [0, 0.1) is 0 Å². The Labute approximate surface area is 150 Å². The van der Waals surface area contributed by atoms with Gasteiger partial charge in [-0.3, -0.25) is 4.79 Å². The van der Waals surface area contributed by atoms with Gasteiger partial charge in [-0.15, -0.1) is 10.2 Å². The number of aromatic nitrogens is 2. The first-order valence-corrected chi connectivity index (χ1v) is 8.16. The molecule has 1 aromatic heterocycles. The second kappa shape index (κ2) is 6.84. The van der Waals surface area contributed by atoms with Crippen molar-refractivity contribution in [2.45, 2.75) is 24.9 Å². The second-order valence-electron chi connectivity index (χ2n) is 5.63. The van der Waals surface area contributed by atoms with E-state index in [2.05, 4.69) is 10.2 Å². The Kier molecular flexibility index (Phi) is 4.92. The number of nitrogens with zero attached hydrogens (tertiary/aromatic N) is 3. The Balaban J connectivity index is 1.66. The van der Waals surface area contributed by atoms with Gasteiger partial charge in [-0.2, -0.15) is 13.2 Å². The molecule has 0 bridgehead atoms. The van der Waals surface area contributed by atoms with E-state index in [0.717, 1.165) is 0 Å². The lowest BCUT2D eigenvalue weighted by molar-refractivity contribution is -0.157. The van der Waals surface area contributed by atoms with Crippen LogP contribution < -0.4 is 0 Å². The van der Waals surface area contributed by atoms with Crippen LogP contribution in [0.5, 0.6) is 0 Å². The van der Waals surface area contributed by atoms with Crippen LogP contribution in [-0.4, -0.2) is 34.1 Å². The first-order chi connectivity index (χ1) is 11.8. The highest BCUT2D eigenvalue weighted by Crippen LogP contribution is 2.33. The molecule has 134 valence electrons. The number of hydrogen-bond acceptors (Lipinski definition) is 4. The van der Waals surface area contributed by atoms with E-state index < -0.39 is 12.1 Å². The van der Waals surface area contributed by atoms with E-state index in [9.17, 15) is 18.0 Å². The Morgan fingerprint density at radius 3 is 2.48 bits per heavy atom. The van der Waals surface area contributed by atoms with Crippen molar-refractivity contribution in [3.05, 3.63) is 45.6 Å². The zero-order valence-electron chi connectivity index (χ0n) is 12.7. The lowest BCUT2D eigenvalue weighted by atomic mass is 9.96. The molecule has 0 unspecified atom stereocenters. The number of carbonyl (C=O) groups excluding carboxylic acids is 1. The maximum absolute atomic E-state index is 12.5. The number of amides is 1. The average Bonchev–Trinajstić information content (AvgIpc) is 3.07. The number of piperidine rings is 1. The van der Waals surface area contributed by atoms with Crippen molar-refractivity contribution in [1.29, 1.82) is 0 Å². The fourth-order valence-corrected chi connectivity index (χ4v) is 3.05. The molecule has 1 aromatic carbocycles. The van der Waals surface area contributed by atoms with E-state index in [1.165, 1.54) is 6.07 Å². The molecule has 0 atom stereocenters. The molecule has 1 aliphatic heterocycles. The molecule has 10 heteroatoms. The molecule has 25 heavy (non-hydrogen) atoms. The molecule has 0 spiro atoms. The van der Waals surface area contributed by atoms with E-state index in [1.807, 2.05) is 0 Å². The number of rotatable bonds is 2. The van der Waals surface area contributed by atoms with Crippen LogP contribution in [-0.2, 0) is 6.18 Å². The minimum Gasteiger partial charge on any atom is -0.417 e. The van der Waals surface area contributed by atoms with Crippen molar-refractivity contribution in [1.82, 2.24) is 15.1 Å². The summed E-state index contributed by atoms with van der Waals surface area (Å²) >= 11 is 11.9. The first-order valence-electron chi connectivity index (χ1n) is 7.40. The van der Waals surface area contributed by atoms with Gasteiger partial charge in [0.1, 0.15) is 0 Å². The molecule has 0 radical (unpaired) electrons. The van der Waals surface area contributed by atoms with Gasteiger partial charge in [0, 0.05) is 24.0 Å². The Morgan fingerprint density at radius 2 is 1.88 bits per heavy atom. The lowest BCUT2D eigenvalue weighted by Gasteiger charge is -2.30. The van der Waals surface area contributed by atoms with Crippen molar-refractivity contribution in [2.24, 2.45) is 0 Å². The van der Waals surface area contributed by atoms with Crippen molar-refractivity contribution < 1.29 is 22.4 Å². The molecule has 5 nitrogen and oxygen atoms in total. The summed E-state index contributed by atoms with van der Waals surface area (Å²) in [5.41, 5.74) is 0.296. The monoisotopic (exact) mass is 393 g/mol. The van der Waals surface area contributed by atoms with Gasteiger partial charge in [0.25, 0.3) is 5.91 Å². The maximum Gasteiger partial charge on any atom is 0.470 e. The molecule has 1 fully saturated rings. The molecule has 2 heterocycles. The minimum atomic E-state index is -4.66. The Hall–Kier alpha value is -1.80. The minimum absolute atomic E-state index is 0.0554. The highest BCUT2D eigenvalue weighted by Gasteiger charge is 2.39. The van der Waals surface area contributed by atoms with Gasteiger partial charge in [0.2, 0.25) is 5.89 Å². The van der Waals surface area contributed by atoms with Crippen LogP contribution in [0.1, 0.15) is 40.9 Å².